The van der Waals surface area contributed by atoms with Crippen LogP contribution < -0.4 is 5.32 Å². The second kappa shape index (κ2) is 8.19. The van der Waals surface area contributed by atoms with E-state index in [4.69, 9.17) is 4.74 Å². The minimum Gasteiger partial charge on any atom is -0.381 e. The Morgan fingerprint density at radius 2 is 2.25 bits per heavy atom. The molecule has 0 unspecified atom stereocenters. The Balaban J connectivity index is 2.03. The van der Waals surface area contributed by atoms with Crippen molar-refractivity contribution in [1.82, 2.24) is 10.3 Å². The molecule has 0 bridgehead atoms. The predicted octanol–water partition coefficient (Wildman–Crippen LogP) is 2.13. The third-order valence-corrected chi connectivity index (χ3v) is 2.08. The highest BCUT2D eigenvalue weighted by molar-refractivity contribution is 5.09. The lowest BCUT2D eigenvalue weighted by atomic mass is 10.3. The molecular weight excluding hydrogens is 207 g/mol. The summed E-state index contributed by atoms with van der Waals surface area (Å²) in [6, 6.07) is 1.49. The highest BCUT2D eigenvalue weighted by atomic mass is 19.1. The third kappa shape index (κ3) is 5.78. The molecule has 0 fully saturated rings. The van der Waals surface area contributed by atoms with Gasteiger partial charge in [-0.15, -0.1) is 0 Å². The van der Waals surface area contributed by atoms with Crippen LogP contribution >= 0.6 is 0 Å². The average molecular weight is 226 g/mol. The molecular formula is C12H19FN2O. The maximum Gasteiger partial charge on any atom is 0.141 e. The van der Waals surface area contributed by atoms with Crippen molar-refractivity contribution in [2.24, 2.45) is 0 Å². The van der Waals surface area contributed by atoms with Crippen molar-refractivity contribution in [3.05, 3.63) is 29.8 Å². The zero-order valence-corrected chi connectivity index (χ0v) is 9.71. The van der Waals surface area contributed by atoms with Crippen molar-refractivity contribution < 1.29 is 9.13 Å². The van der Waals surface area contributed by atoms with Crippen LogP contribution in [0.15, 0.2) is 18.5 Å². The number of hydrogen-bond acceptors (Lipinski definition) is 3. The second-order valence-electron chi connectivity index (χ2n) is 3.65. The van der Waals surface area contributed by atoms with E-state index in [1.807, 2.05) is 0 Å². The Bertz CT molecular complexity index is 294. The van der Waals surface area contributed by atoms with E-state index < -0.39 is 0 Å². The lowest BCUT2D eigenvalue weighted by molar-refractivity contribution is 0.132. The monoisotopic (exact) mass is 226 g/mol. The molecule has 1 rings (SSSR count). The summed E-state index contributed by atoms with van der Waals surface area (Å²) in [7, 11) is 0. The highest BCUT2D eigenvalue weighted by Crippen LogP contribution is 1.99. The molecule has 0 aliphatic heterocycles. The zero-order valence-electron chi connectivity index (χ0n) is 9.71. The Morgan fingerprint density at radius 1 is 1.38 bits per heavy atom. The lowest BCUT2D eigenvalue weighted by Crippen LogP contribution is -2.16. The number of aromatic nitrogens is 1. The van der Waals surface area contributed by atoms with E-state index in [9.17, 15) is 4.39 Å². The summed E-state index contributed by atoms with van der Waals surface area (Å²) in [6.45, 7) is 5.23. The molecule has 1 heterocycles. The van der Waals surface area contributed by atoms with Gasteiger partial charge in [0, 0.05) is 26.0 Å². The van der Waals surface area contributed by atoms with Gasteiger partial charge in [-0.2, -0.15) is 0 Å². The summed E-state index contributed by atoms with van der Waals surface area (Å²) in [6.07, 6.45) is 4.91. The number of ether oxygens (including phenoxy) is 1. The van der Waals surface area contributed by atoms with E-state index in [0.29, 0.717) is 6.54 Å². The first-order valence-corrected chi connectivity index (χ1v) is 5.71. The number of nitrogens with zero attached hydrogens (tertiary/aromatic N) is 1. The molecule has 0 radical (unpaired) electrons. The van der Waals surface area contributed by atoms with Gasteiger partial charge in [-0.25, -0.2) is 4.39 Å². The van der Waals surface area contributed by atoms with Crippen LogP contribution in [-0.4, -0.2) is 24.7 Å². The Morgan fingerprint density at radius 3 is 3.00 bits per heavy atom. The summed E-state index contributed by atoms with van der Waals surface area (Å²) in [4.78, 5) is 3.78. The topological polar surface area (TPSA) is 34.1 Å². The van der Waals surface area contributed by atoms with Gasteiger partial charge in [0.25, 0.3) is 0 Å². The molecule has 0 saturated heterocycles. The molecule has 1 N–H and O–H groups in total. The normalized spacial score (nSPS) is 10.6. The van der Waals surface area contributed by atoms with Gasteiger partial charge in [0.1, 0.15) is 5.82 Å². The summed E-state index contributed by atoms with van der Waals surface area (Å²) in [5.41, 5.74) is 0.870. The standard InChI is InChI=1S/C12H19FN2O/c1-2-5-16-6-3-4-14-8-11-7-12(13)10-15-9-11/h7,9-10,14H,2-6,8H2,1H3. The van der Waals surface area contributed by atoms with Gasteiger partial charge in [-0.1, -0.05) is 6.92 Å². The Kier molecular flexibility index (Phi) is 6.69. The molecule has 0 atom stereocenters. The molecule has 90 valence electrons. The maximum atomic E-state index is 12.8. The summed E-state index contributed by atoms with van der Waals surface area (Å²) in [5.74, 6) is -0.287. The van der Waals surface area contributed by atoms with E-state index in [0.717, 1.165) is 38.2 Å². The fourth-order valence-electron chi connectivity index (χ4n) is 1.33. The molecule has 4 heteroatoms. The lowest BCUT2D eigenvalue weighted by Gasteiger charge is -2.05. The van der Waals surface area contributed by atoms with Crippen LogP contribution in [0.4, 0.5) is 4.39 Å². The smallest absolute Gasteiger partial charge is 0.141 e. The van der Waals surface area contributed by atoms with Crippen LogP contribution in [0.1, 0.15) is 25.3 Å². The van der Waals surface area contributed by atoms with Gasteiger partial charge in [0.15, 0.2) is 0 Å². The van der Waals surface area contributed by atoms with Crippen molar-refractivity contribution >= 4 is 0 Å². The molecule has 0 saturated carbocycles. The van der Waals surface area contributed by atoms with Crippen LogP contribution in [-0.2, 0) is 11.3 Å². The molecule has 16 heavy (non-hydrogen) atoms. The van der Waals surface area contributed by atoms with E-state index in [1.165, 1.54) is 12.3 Å². The summed E-state index contributed by atoms with van der Waals surface area (Å²) < 4.78 is 18.1. The van der Waals surface area contributed by atoms with Crippen LogP contribution in [0.25, 0.3) is 0 Å². The molecule has 3 nitrogen and oxygen atoms in total. The Labute approximate surface area is 96.0 Å². The fourth-order valence-corrected chi connectivity index (χ4v) is 1.33. The molecule has 0 aromatic carbocycles. The highest BCUT2D eigenvalue weighted by Gasteiger charge is 1.95. The third-order valence-electron chi connectivity index (χ3n) is 2.08. The van der Waals surface area contributed by atoms with Gasteiger partial charge >= 0.3 is 0 Å². The fraction of sp³-hybridized carbons (Fsp3) is 0.583. The zero-order chi connectivity index (χ0) is 11.6. The Hall–Kier alpha value is -1.00. The first-order valence-electron chi connectivity index (χ1n) is 5.71. The molecule has 0 aliphatic carbocycles. The van der Waals surface area contributed by atoms with E-state index in [1.54, 1.807) is 6.20 Å². The van der Waals surface area contributed by atoms with Gasteiger partial charge in [0.2, 0.25) is 0 Å². The maximum absolute atomic E-state index is 12.8. The quantitative estimate of drug-likeness (QED) is 0.689. The molecule has 0 spiro atoms. The van der Waals surface area contributed by atoms with Crippen molar-refractivity contribution in [1.29, 1.82) is 0 Å². The SMILES string of the molecule is CCCOCCCNCc1cncc(F)c1. The molecule has 0 aliphatic rings. The van der Waals surface area contributed by atoms with Gasteiger partial charge in [-0.3, -0.25) is 4.98 Å². The van der Waals surface area contributed by atoms with Crippen molar-refractivity contribution in [3.8, 4) is 0 Å². The van der Waals surface area contributed by atoms with Crippen LogP contribution in [0.2, 0.25) is 0 Å². The van der Waals surface area contributed by atoms with Crippen LogP contribution in [0, 0.1) is 5.82 Å². The first kappa shape index (κ1) is 13.1. The van der Waals surface area contributed by atoms with Crippen molar-refractivity contribution in [2.45, 2.75) is 26.3 Å². The summed E-state index contributed by atoms with van der Waals surface area (Å²) >= 11 is 0. The van der Waals surface area contributed by atoms with Gasteiger partial charge < -0.3 is 10.1 Å². The number of rotatable bonds is 8. The largest absolute Gasteiger partial charge is 0.381 e. The number of pyridine rings is 1. The van der Waals surface area contributed by atoms with Crippen molar-refractivity contribution in [2.75, 3.05) is 19.8 Å². The molecule has 1 aromatic heterocycles. The second-order valence-corrected chi connectivity index (χ2v) is 3.65. The van der Waals surface area contributed by atoms with Crippen molar-refractivity contribution in [3.63, 3.8) is 0 Å². The van der Waals surface area contributed by atoms with E-state index >= 15 is 0 Å². The van der Waals surface area contributed by atoms with Gasteiger partial charge in [0.05, 0.1) is 6.20 Å². The minimum atomic E-state index is -0.287. The average Bonchev–Trinajstić information content (AvgIpc) is 2.28. The first-order chi connectivity index (χ1) is 7.83. The van der Waals surface area contributed by atoms with E-state index in [-0.39, 0.29) is 5.82 Å². The predicted molar refractivity (Wildman–Crippen MR) is 61.6 cm³/mol. The number of hydrogen-bond donors (Lipinski definition) is 1. The van der Waals surface area contributed by atoms with Crippen LogP contribution in [0.3, 0.4) is 0 Å². The van der Waals surface area contributed by atoms with Gasteiger partial charge in [-0.05, 0) is 31.0 Å². The minimum absolute atomic E-state index is 0.287. The number of halogens is 1. The van der Waals surface area contributed by atoms with Crippen LogP contribution in [0.5, 0.6) is 0 Å². The summed E-state index contributed by atoms with van der Waals surface area (Å²) in [5, 5.41) is 3.22. The van der Waals surface area contributed by atoms with E-state index in [2.05, 4.69) is 17.2 Å². The molecule has 0 amide bonds. The number of nitrogens with one attached hydrogen (secondary N) is 1. The molecule has 1 aromatic rings.